The number of hydrogen-bond donors (Lipinski definition) is 2. The van der Waals surface area contributed by atoms with Crippen LogP contribution in [-0.4, -0.2) is 77.4 Å². The summed E-state index contributed by atoms with van der Waals surface area (Å²) in [6, 6.07) is 2.13. The van der Waals surface area contributed by atoms with Gasteiger partial charge in [0.05, 0.1) is 0 Å². The Bertz CT molecular complexity index is 586. The molecule has 0 radical (unpaired) electrons. The van der Waals surface area contributed by atoms with Gasteiger partial charge in [-0.1, -0.05) is 15.9 Å². The molecule has 1 heterocycles. The van der Waals surface area contributed by atoms with Crippen molar-refractivity contribution in [1.82, 2.24) is 4.72 Å². The van der Waals surface area contributed by atoms with Crippen molar-refractivity contribution in [3.63, 3.8) is 0 Å². The fourth-order valence-corrected chi connectivity index (χ4v) is 3.03. The summed E-state index contributed by atoms with van der Waals surface area (Å²) in [4.78, 5) is 11.0. The number of anilines is 1. The first-order chi connectivity index (χ1) is 7.81. The van der Waals surface area contributed by atoms with Crippen LogP contribution in [0, 0.1) is 5.82 Å². The minimum atomic E-state index is -4.13. The van der Waals surface area contributed by atoms with Crippen LogP contribution in [0.4, 0.5) is 10.1 Å². The van der Waals surface area contributed by atoms with E-state index in [2.05, 4.69) is 15.9 Å². The molecule has 1 aliphatic rings. The van der Waals surface area contributed by atoms with Gasteiger partial charge in [-0.25, -0.2) is 13.4 Å². The maximum atomic E-state index is 13.6. The topological polar surface area (TPSA) is 86.7 Å². The van der Waals surface area contributed by atoms with E-state index in [0.29, 0.717) is 4.31 Å². The van der Waals surface area contributed by atoms with Gasteiger partial charge in [0.25, 0.3) is 5.91 Å². The van der Waals surface area contributed by atoms with Gasteiger partial charge >= 0.3 is 61.6 Å². The van der Waals surface area contributed by atoms with Crippen LogP contribution in [0.5, 0.6) is 5.75 Å². The zero-order chi connectivity index (χ0) is 12.8. The molecule has 1 saturated heterocycles. The van der Waals surface area contributed by atoms with Gasteiger partial charge in [-0.05, 0) is 12.1 Å². The van der Waals surface area contributed by atoms with Crippen molar-refractivity contribution in [3.8, 4) is 5.75 Å². The van der Waals surface area contributed by atoms with Crippen molar-refractivity contribution in [2.45, 2.75) is 0 Å². The van der Waals surface area contributed by atoms with Gasteiger partial charge in [0.1, 0.15) is 18.0 Å². The second-order valence-corrected chi connectivity index (χ2v) is 5.80. The Hall–Kier alpha value is 0.286. The number of carbonyl (C=O) groups is 1. The van der Waals surface area contributed by atoms with Gasteiger partial charge in [-0.2, -0.15) is 8.42 Å². The minimum absolute atomic E-state index is 0. The third-order valence-electron chi connectivity index (χ3n) is 2.08. The molecular formula is C8H7BrFKN2O4S. The summed E-state index contributed by atoms with van der Waals surface area (Å²) >= 11 is 2.95. The molecule has 0 aliphatic carbocycles. The molecular weight excluding hydrogens is 358 g/mol. The van der Waals surface area contributed by atoms with Crippen LogP contribution < -0.4 is 9.03 Å². The Balaban J connectivity index is 0.00000162. The van der Waals surface area contributed by atoms with Gasteiger partial charge in [0.15, 0.2) is 5.82 Å². The summed E-state index contributed by atoms with van der Waals surface area (Å²) in [5.74, 6) is -2.30. The van der Waals surface area contributed by atoms with E-state index in [1.54, 1.807) is 4.72 Å². The number of carbonyl (C=O) groups excluding carboxylic acids is 1. The fourth-order valence-electron chi connectivity index (χ4n) is 1.45. The average Bonchev–Trinajstić information content (AvgIpc) is 2.37. The Kier molecular flexibility index (Phi) is 5.20. The molecule has 0 aromatic heterocycles. The molecule has 1 amide bonds. The molecule has 1 fully saturated rings. The van der Waals surface area contributed by atoms with E-state index >= 15 is 0 Å². The van der Waals surface area contributed by atoms with Crippen molar-refractivity contribution in [2.75, 3.05) is 10.8 Å². The third-order valence-corrected chi connectivity index (χ3v) is 3.91. The molecule has 0 spiro atoms. The molecule has 0 saturated carbocycles. The first-order valence-electron chi connectivity index (χ1n) is 4.32. The van der Waals surface area contributed by atoms with Crippen LogP contribution in [0.2, 0.25) is 0 Å². The molecule has 1 aromatic carbocycles. The molecule has 6 nitrogen and oxygen atoms in total. The van der Waals surface area contributed by atoms with E-state index in [-0.39, 0.29) is 55.9 Å². The average molecular weight is 365 g/mol. The molecule has 2 rings (SSSR count). The predicted molar refractivity (Wildman–Crippen MR) is 67.3 cm³/mol. The van der Waals surface area contributed by atoms with Gasteiger partial charge < -0.3 is 5.11 Å². The van der Waals surface area contributed by atoms with Gasteiger partial charge in [0, 0.05) is 4.47 Å². The molecule has 0 bridgehead atoms. The first-order valence-corrected chi connectivity index (χ1v) is 6.56. The first kappa shape index (κ1) is 16.3. The van der Waals surface area contributed by atoms with Crippen molar-refractivity contribution >= 4 is 89.1 Å². The van der Waals surface area contributed by atoms with Crippen LogP contribution in [0.1, 0.15) is 0 Å². The Morgan fingerprint density at radius 2 is 2.06 bits per heavy atom. The normalized spacial score (nSPS) is 17.2. The van der Waals surface area contributed by atoms with E-state index in [4.69, 9.17) is 0 Å². The molecule has 18 heavy (non-hydrogen) atoms. The van der Waals surface area contributed by atoms with E-state index in [1.807, 2.05) is 0 Å². The molecule has 2 N–H and O–H groups in total. The summed E-state index contributed by atoms with van der Waals surface area (Å²) in [7, 11) is -4.13. The zero-order valence-corrected chi connectivity index (χ0v) is 10.5. The predicted octanol–water partition coefficient (Wildman–Crippen LogP) is -0.174. The maximum absolute atomic E-state index is 13.6. The summed E-state index contributed by atoms with van der Waals surface area (Å²) < 4.78 is 38.9. The standard InChI is InChI=1S/C8H6BrFN2O4S.K.H/c9-4-1-5(10)8(6(13)2-4)12-3-7(14)11-17(12,15)16;;/h1-2,13H,3H2,(H,11,14);;. The molecule has 10 heteroatoms. The van der Waals surface area contributed by atoms with E-state index in [1.165, 1.54) is 0 Å². The van der Waals surface area contributed by atoms with Crippen molar-refractivity contribution in [3.05, 3.63) is 22.4 Å². The van der Waals surface area contributed by atoms with Crippen molar-refractivity contribution < 1.29 is 22.7 Å². The molecule has 0 unspecified atom stereocenters. The van der Waals surface area contributed by atoms with Crippen LogP contribution in [-0.2, 0) is 15.0 Å². The van der Waals surface area contributed by atoms with Crippen LogP contribution >= 0.6 is 15.9 Å². The summed E-state index contributed by atoms with van der Waals surface area (Å²) in [5.41, 5.74) is -0.549. The van der Waals surface area contributed by atoms with E-state index in [0.717, 1.165) is 12.1 Å². The van der Waals surface area contributed by atoms with Crippen LogP contribution in [0.15, 0.2) is 16.6 Å². The fraction of sp³-hybridized carbons (Fsp3) is 0.125. The van der Waals surface area contributed by atoms with Crippen LogP contribution in [0.3, 0.4) is 0 Å². The Morgan fingerprint density at radius 1 is 1.44 bits per heavy atom. The second-order valence-electron chi connectivity index (χ2n) is 3.29. The number of aromatic hydroxyl groups is 1. The molecule has 1 aromatic rings. The number of nitrogens with zero attached hydrogens (tertiary/aromatic N) is 1. The monoisotopic (exact) mass is 364 g/mol. The van der Waals surface area contributed by atoms with Crippen molar-refractivity contribution in [2.24, 2.45) is 0 Å². The summed E-state index contributed by atoms with van der Waals surface area (Å²) in [5, 5.41) is 9.54. The van der Waals surface area contributed by atoms with Crippen molar-refractivity contribution in [1.29, 1.82) is 0 Å². The zero-order valence-electron chi connectivity index (χ0n) is 8.15. The van der Waals surface area contributed by atoms with Crippen LogP contribution in [0.25, 0.3) is 0 Å². The number of phenolic OH excluding ortho intramolecular Hbond substituents is 1. The quantitative estimate of drug-likeness (QED) is 0.677. The van der Waals surface area contributed by atoms with Gasteiger partial charge in [0.2, 0.25) is 0 Å². The second kappa shape index (κ2) is 5.73. The number of nitrogens with one attached hydrogen (secondary N) is 1. The Labute approximate surface area is 153 Å². The number of hydrogen-bond acceptors (Lipinski definition) is 4. The van der Waals surface area contributed by atoms with E-state index < -0.39 is 39.9 Å². The molecule has 94 valence electrons. The van der Waals surface area contributed by atoms with Gasteiger partial charge in [-0.3, -0.25) is 4.79 Å². The van der Waals surface area contributed by atoms with Gasteiger partial charge in [-0.15, -0.1) is 0 Å². The molecule has 0 atom stereocenters. The SMILES string of the molecule is O=C1CN(c2c(O)cc(Br)cc2F)S(=O)(=O)N1.[KH]. The van der Waals surface area contributed by atoms with E-state index in [9.17, 15) is 22.7 Å². The summed E-state index contributed by atoms with van der Waals surface area (Å²) in [6.07, 6.45) is 0. The third kappa shape index (κ3) is 3.06. The number of halogens is 2. The number of amides is 1. The number of benzene rings is 1. The Morgan fingerprint density at radius 3 is 2.50 bits per heavy atom. The summed E-state index contributed by atoms with van der Waals surface area (Å²) in [6.45, 7) is -0.561. The number of phenols is 1. The molecule has 1 aliphatic heterocycles. The number of rotatable bonds is 1.